The molecule has 5 heteroatoms. The molecule has 1 aromatic heterocycles. The number of carbonyl (C=O) groups excluding carboxylic acids is 1. The third-order valence-corrected chi connectivity index (χ3v) is 3.97. The van der Waals surface area contributed by atoms with Crippen LogP contribution in [-0.4, -0.2) is 23.7 Å². The van der Waals surface area contributed by atoms with Crippen molar-refractivity contribution in [2.75, 3.05) is 6.61 Å². The topological polar surface area (TPSA) is 66.5 Å². The number of rotatable bonds is 5. The first-order chi connectivity index (χ1) is 12.0. The zero-order valence-corrected chi connectivity index (χ0v) is 14.6. The van der Waals surface area contributed by atoms with E-state index in [0.717, 1.165) is 33.3 Å². The lowest BCUT2D eigenvalue weighted by atomic mass is 10.1. The number of H-pyrrole nitrogens is 1. The van der Waals surface area contributed by atoms with E-state index in [0.29, 0.717) is 0 Å². The lowest BCUT2D eigenvalue weighted by Crippen LogP contribution is -2.25. The van der Waals surface area contributed by atoms with Crippen molar-refractivity contribution in [3.8, 4) is 5.75 Å². The van der Waals surface area contributed by atoms with E-state index in [1.54, 1.807) is 6.21 Å². The molecule has 3 aromatic rings. The average Bonchev–Trinajstić information content (AvgIpc) is 3.03. The summed E-state index contributed by atoms with van der Waals surface area (Å²) in [6, 6.07) is 11.9. The average molecular weight is 335 g/mol. The normalized spacial score (nSPS) is 11.2. The summed E-state index contributed by atoms with van der Waals surface area (Å²) in [4.78, 5) is 15.1. The number of nitrogens with one attached hydrogen (secondary N) is 2. The van der Waals surface area contributed by atoms with Gasteiger partial charge in [-0.15, -0.1) is 0 Å². The molecule has 0 fully saturated rings. The zero-order valence-electron chi connectivity index (χ0n) is 14.6. The van der Waals surface area contributed by atoms with Gasteiger partial charge in [-0.2, -0.15) is 5.10 Å². The molecule has 0 aliphatic carbocycles. The van der Waals surface area contributed by atoms with Crippen LogP contribution in [0.3, 0.4) is 0 Å². The van der Waals surface area contributed by atoms with E-state index in [1.807, 2.05) is 63.4 Å². The molecular weight excluding hydrogens is 314 g/mol. The summed E-state index contributed by atoms with van der Waals surface area (Å²) in [6.07, 6.45) is 3.51. The van der Waals surface area contributed by atoms with Crippen molar-refractivity contribution >= 4 is 23.0 Å². The number of hydrazone groups is 1. The molecular formula is C20H21N3O2. The fraction of sp³-hybridized carbons (Fsp3) is 0.200. The van der Waals surface area contributed by atoms with Crippen LogP contribution in [-0.2, 0) is 4.79 Å². The number of aryl methyl sites for hydroxylation is 3. The number of amides is 1. The number of carbonyl (C=O) groups is 1. The van der Waals surface area contributed by atoms with E-state index in [1.165, 1.54) is 5.56 Å². The number of aromatic nitrogens is 1. The molecule has 0 saturated carbocycles. The first kappa shape index (κ1) is 16.8. The fourth-order valence-electron chi connectivity index (χ4n) is 2.96. The molecule has 0 atom stereocenters. The van der Waals surface area contributed by atoms with Crippen LogP contribution in [0.2, 0.25) is 0 Å². The van der Waals surface area contributed by atoms with Crippen molar-refractivity contribution in [3.05, 3.63) is 64.8 Å². The van der Waals surface area contributed by atoms with Gasteiger partial charge in [-0.3, -0.25) is 4.79 Å². The second kappa shape index (κ2) is 7.21. The Morgan fingerprint density at radius 3 is 2.72 bits per heavy atom. The summed E-state index contributed by atoms with van der Waals surface area (Å²) in [5.74, 6) is 0.457. The second-order valence-corrected chi connectivity index (χ2v) is 6.10. The lowest BCUT2D eigenvalue weighted by molar-refractivity contribution is -0.123. The van der Waals surface area contributed by atoms with Gasteiger partial charge < -0.3 is 9.72 Å². The highest BCUT2D eigenvalue weighted by Crippen LogP contribution is 2.24. The molecule has 1 amide bonds. The Labute approximate surface area is 146 Å². The number of ether oxygens (including phenoxy) is 1. The number of aromatic amines is 1. The monoisotopic (exact) mass is 335 g/mol. The van der Waals surface area contributed by atoms with Crippen LogP contribution in [0.25, 0.3) is 10.9 Å². The van der Waals surface area contributed by atoms with Crippen molar-refractivity contribution in [1.29, 1.82) is 0 Å². The molecule has 0 radical (unpaired) electrons. The highest BCUT2D eigenvalue weighted by molar-refractivity contribution is 5.98. The molecule has 0 unspecified atom stereocenters. The third kappa shape index (κ3) is 3.88. The molecule has 0 aliphatic rings. The van der Waals surface area contributed by atoms with Crippen LogP contribution in [0.4, 0.5) is 0 Å². The van der Waals surface area contributed by atoms with Crippen LogP contribution in [0.5, 0.6) is 5.75 Å². The minimum atomic E-state index is -0.295. The summed E-state index contributed by atoms with van der Waals surface area (Å²) in [6.45, 7) is 5.92. The quantitative estimate of drug-likeness (QED) is 0.552. The van der Waals surface area contributed by atoms with Gasteiger partial charge in [0.15, 0.2) is 6.61 Å². The van der Waals surface area contributed by atoms with Crippen molar-refractivity contribution in [2.24, 2.45) is 5.10 Å². The van der Waals surface area contributed by atoms with Gasteiger partial charge in [0.2, 0.25) is 0 Å². The van der Waals surface area contributed by atoms with Crippen LogP contribution >= 0.6 is 0 Å². The maximum atomic E-state index is 12.0. The van der Waals surface area contributed by atoms with E-state index in [4.69, 9.17) is 4.74 Å². The first-order valence-electron chi connectivity index (χ1n) is 8.13. The molecule has 1 heterocycles. The Kier molecular flexibility index (Phi) is 4.84. The van der Waals surface area contributed by atoms with Gasteiger partial charge in [0, 0.05) is 22.7 Å². The molecule has 3 rings (SSSR count). The molecule has 0 bridgehead atoms. The van der Waals surface area contributed by atoms with Gasteiger partial charge in [0.1, 0.15) is 5.75 Å². The van der Waals surface area contributed by atoms with Crippen LogP contribution < -0.4 is 10.2 Å². The first-order valence-corrected chi connectivity index (χ1v) is 8.13. The van der Waals surface area contributed by atoms with E-state index < -0.39 is 0 Å². The highest BCUT2D eigenvalue weighted by Gasteiger charge is 2.08. The van der Waals surface area contributed by atoms with Crippen LogP contribution in [0.1, 0.15) is 22.3 Å². The van der Waals surface area contributed by atoms with E-state index in [-0.39, 0.29) is 12.5 Å². The Hall–Kier alpha value is -3.08. The van der Waals surface area contributed by atoms with Crippen molar-refractivity contribution < 1.29 is 9.53 Å². The van der Waals surface area contributed by atoms with Gasteiger partial charge in [-0.05, 0) is 44.0 Å². The van der Waals surface area contributed by atoms with Crippen molar-refractivity contribution in [3.63, 3.8) is 0 Å². The van der Waals surface area contributed by atoms with E-state index in [9.17, 15) is 4.79 Å². The minimum Gasteiger partial charge on any atom is -0.483 e. The third-order valence-electron chi connectivity index (χ3n) is 3.97. The van der Waals surface area contributed by atoms with Gasteiger partial charge in [-0.25, -0.2) is 5.43 Å². The van der Waals surface area contributed by atoms with E-state index in [2.05, 4.69) is 15.5 Å². The van der Waals surface area contributed by atoms with Gasteiger partial charge in [0.25, 0.3) is 5.91 Å². The van der Waals surface area contributed by atoms with E-state index >= 15 is 0 Å². The molecule has 0 saturated heterocycles. The summed E-state index contributed by atoms with van der Waals surface area (Å²) in [5, 5.41) is 5.08. The summed E-state index contributed by atoms with van der Waals surface area (Å²) >= 11 is 0. The maximum Gasteiger partial charge on any atom is 0.277 e. The van der Waals surface area contributed by atoms with Crippen LogP contribution in [0, 0.1) is 20.8 Å². The Morgan fingerprint density at radius 1 is 1.20 bits per heavy atom. The summed E-state index contributed by atoms with van der Waals surface area (Å²) < 4.78 is 5.65. The number of nitrogens with zero attached hydrogens (tertiary/aromatic N) is 1. The number of fused-ring (bicyclic) bond motifs is 1. The Morgan fingerprint density at radius 2 is 1.96 bits per heavy atom. The standard InChI is InChI=1S/C20H21N3O2/c1-13-9-14(2)20(15(3)10-13)25-12-19(24)23-22-11-16-5-4-6-18-17(16)7-8-21-18/h4-11,21H,12H2,1-3H3,(H,23,24). The summed E-state index contributed by atoms with van der Waals surface area (Å²) in [7, 11) is 0. The maximum absolute atomic E-state index is 12.0. The largest absolute Gasteiger partial charge is 0.483 e. The SMILES string of the molecule is Cc1cc(C)c(OCC(=O)NN=Cc2cccc3[nH]ccc23)c(C)c1. The van der Waals surface area contributed by atoms with Crippen molar-refractivity contribution in [1.82, 2.24) is 10.4 Å². The predicted molar refractivity (Wildman–Crippen MR) is 100 cm³/mol. The molecule has 128 valence electrons. The molecule has 0 spiro atoms. The highest BCUT2D eigenvalue weighted by atomic mass is 16.5. The fourth-order valence-corrected chi connectivity index (χ4v) is 2.96. The number of benzene rings is 2. The Bertz CT molecular complexity index is 918. The van der Waals surface area contributed by atoms with Gasteiger partial charge in [0.05, 0.1) is 6.21 Å². The predicted octanol–water partition coefficient (Wildman–Crippen LogP) is 3.62. The minimum absolute atomic E-state index is 0.0730. The second-order valence-electron chi connectivity index (χ2n) is 6.10. The van der Waals surface area contributed by atoms with Crippen molar-refractivity contribution in [2.45, 2.75) is 20.8 Å². The molecule has 0 aliphatic heterocycles. The lowest BCUT2D eigenvalue weighted by Gasteiger charge is -2.12. The molecule has 25 heavy (non-hydrogen) atoms. The zero-order chi connectivity index (χ0) is 17.8. The smallest absolute Gasteiger partial charge is 0.277 e. The number of hydrogen-bond donors (Lipinski definition) is 2. The summed E-state index contributed by atoms with van der Waals surface area (Å²) in [5.41, 5.74) is 7.69. The molecule has 2 aromatic carbocycles. The number of hydrogen-bond acceptors (Lipinski definition) is 3. The van der Waals surface area contributed by atoms with Gasteiger partial charge in [-0.1, -0.05) is 29.8 Å². The Balaban J connectivity index is 1.59. The van der Waals surface area contributed by atoms with Gasteiger partial charge >= 0.3 is 0 Å². The molecule has 5 nitrogen and oxygen atoms in total. The van der Waals surface area contributed by atoms with Crippen LogP contribution in [0.15, 0.2) is 47.7 Å². The molecule has 2 N–H and O–H groups in total.